The molecule has 0 atom stereocenters. The lowest BCUT2D eigenvalue weighted by molar-refractivity contribution is -0.141. The number of pyridine rings is 1. The SMILES string of the molecule is FC(F)(F)c1cccc(Nc2ccc3cc[nH]c3c2)n1. The first-order valence-electron chi connectivity index (χ1n) is 5.91. The Morgan fingerprint density at radius 3 is 2.70 bits per heavy atom. The number of benzene rings is 1. The quantitative estimate of drug-likeness (QED) is 0.732. The average Bonchev–Trinajstić information content (AvgIpc) is 2.85. The molecule has 0 fully saturated rings. The third-order valence-electron chi connectivity index (χ3n) is 2.87. The summed E-state index contributed by atoms with van der Waals surface area (Å²) in [7, 11) is 0. The Labute approximate surface area is 112 Å². The first kappa shape index (κ1) is 12.5. The van der Waals surface area contributed by atoms with Gasteiger partial charge in [0.2, 0.25) is 0 Å². The molecule has 3 nitrogen and oxygen atoms in total. The Kier molecular flexibility index (Phi) is 2.85. The van der Waals surface area contributed by atoms with Gasteiger partial charge < -0.3 is 10.3 Å². The Balaban J connectivity index is 1.90. The molecule has 20 heavy (non-hydrogen) atoms. The highest BCUT2D eigenvalue weighted by Gasteiger charge is 2.32. The van der Waals surface area contributed by atoms with Gasteiger partial charge in [-0.15, -0.1) is 0 Å². The molecule has 0 amide bonds. The number of hydrogen-bond donors (Lipinski definition) is 2. The molecule has 0 aliphatic carbocycles. The summed E-state index contributed by atoms with van der Waals surface area (Å²) in [6.45, 7) is 0. The summed E-state index contributed by atoms with van der Waals surface area (Å²) in [4.78, 5) is 6.60. The maximum Gasteiger partial charge on any atom is 0.433 e. The Bertz CT molecular complexity index is 747. The van der Waals surface area contributed by atoms with Crippen molar-refractivity contribution in [3.8, 4) is 0 Å². The maximum atomic E-state index is 12.6. The van der Waals surface area contributed by atoms with Crippen LogP contribution in [0.5, 0.6) is 0 Å². The average molecular weight is 277 g/mol. The van der Waals surface area contributed by atoms with Crippen molar-refractivity contribution in [3.63, 3.8) is 0 Å². The predicted octanol–water partition coefficient (Wildman–Crippen LogP) is 4.33. The summed E-state index contributed by atoms with van der Waals surface area (Å²) >= 11 is 0. The van der Waals surface area contributed by atoms with Crippen LogP contribution in [0.3, 0.4) is 0 Å². The zero-order valence-corrected chi connectivity index (χ0v) is 10.2. The topological polar surface area (TPSA) is 40.7 Å². The first-order chi connectivity index (χ1) is 9.52. The second-order valence-electron chi connectivity index (χ2n) is 4.31. The molecule has 0 unspecified atom stereocenters. The smallest absolute Gasteiger partial charge is 0.361 e. The molecule has 2 N–H and O–H groups in total. The Hall–Kier alpha value is -2.50. The minimum absolute atomic E-state index is 0.158. The van der Waals surface area contributed by atoms with Crippen LogP contribution in [-0.4, -0.2) is 9.97 Å². The highest BCUT2D eigenvalue weighted by Crippen LogP contribution is 2.29. The summed E-state index contributed by atoms with van der Waals surface area (Å²) in [5.41, 5.74) is 0.664. The van der Waals surface area contributed by atoms with Gasteiger partial charge in [0.15, 0.2) is 0 Å². The van der Waals surface area contributed by atoms with Crippen molar-refractivity contribution in [1.29, 1.82) is 0 Å². The summed E-state index contributed by atoms with van der Waals surface area (Å²) in [6.07, 6.45) is -2.64. The number of fused-ring (bicyclic) bond motifs is 1. The number of nitrogens with zero attached hydrogens (tertiary/aromatic N) is 1. The van der Waals surface area contributed by atoms with Crippen molar-refractivity contribution in [2.45, 2.75) is 6.18 Å². The molecule has 3 aromatic rings. The number of nitrogens with one attached hydrogen (secondary N) is 2. The van der Waals surface area contributed by atoms with Gasteiger partial charge in [0.05, 0.1) is 0 Å². The van der Waals surface area contributed by atoms with E-state index in [4.69, 9.17) is 0 Å². The zero-order valence-electron chi connectivity index (χ0n) is 10.2. The van der Waals surface area contributed by atoms with E-state index in [0.29, 0.717) is 5.69 Å². The van der Waals surface area contributed by atoms with Gasteiger partial charge in [-0.3, -0.25) is 0 Å². The molecule has 0 radical (unpaired) electrons. The Morgan fingerprint density at radius 2 is 1.90 bits per heavy atom. The van der Waals surface area contributed by atoms with E-state index < -0.39 is 11.9 Å². The van der Waals surface area contributed by atoms with Crippen molar-refractivity contribution in [1.82, 2.24) is 9.97 Å². The van der Waals surface area contributed by atoms with Crippen LogP contribution in [0.4, 0.5) is 24.7 Å². The number of halogens is 3. The van der Waals surface area contributed by atoms with Gasteiger partial charge in [-0.25, -0.2) is 4.98 Å². The molecular formula is C14H10F3N3. The summed E-state index contributed by atoms with van der Waals surface area (Å²) in [5.74, 6) is 0.158. The third-order valence-corrected chi connectivity index (χ3v) is 2.87. The normalized spacial score (nSPS) is 11.8. The second-order valence-corrected chi connectivity index (χ2v) is 4.31. The van der Waals surface area contributed by atoms with Gasteiger partial charge in [0.1, 0.15) is 11.5 Å². The highest BCUT2D eigenvalue weighted by molar-refractivity contribution is 5.83. The van der Waals surface area contributed by atoms with Crippen LogP contribution in [0, 0.1) is 0 Å². The third kappa shape index (κ3) is 2.45. The zero-order chi connectivity index (χ0) is 14.2. The molecule has 2 heterocycles. The van der Waals surface area contributed by atoms with Gasteiger partial charge in [0.25, 0.3) is 0 Å². The van der Waals surface area contributed by atoms with Crippen molar-refractivity contribution in [3.05, 3.63) is 54.4 Å². The molecule has 1 aromatic carbocycles. The fourth-order valence-electron chi connectivity index (χ4n) is 1.94. The van der Waals surface area contributed by atoms with Crippen LogP contribution >= 0.6 is 0 Å². The van der Waals surface area contributed by atoms with Gasteiger partial charge in [0, 0.05) is 17.4 Å². The number of aromatic nitrogens is 2. The number of aromatic amines is 1. The molecule has 0 spiro atoms. The highest BCUT2D eigenvalue weighted by atomic mass is 19.4. The molecule has 6 heteroatoms. The minimum Gasteiger partial charge on any atom is -0.361 e. The fraction of sp³-hybridized carbons (Fsp3) is 0.0714. The van der Waals surface area contributed by atoms with Crippen molar-refractivity contribution in [2.75, 3.05) is 5.32 Å². The van der Waals surface area contributed by atoms with Gasteiger partial charge in [-0.2, -0.15) is 13.2 Å². The minimum atomic E-state index is -4.44. The van der Waals surface area contributed by atoms with Crippen molar-refractivity contribution in [2.24, 2.45) is 0 Å². The van der Waals surface area contributed by atoms with Crippen molar-refractivity contribution < 1.29 is 13.2 Å². The van der Waals surface area contributed by atoms with Crippen LogP contribution < -0.4 is 5.32 Å². The van der Waals surface area contributed by atoms with Gasteiger partial charge >= 0.3 is 6.18 Å². The molecule has 0 saturated carbocycles. The molecule has 102 valence electrons. The lowest BCUT2D eigenvalue weighted by Gasteiger charge is -2.09. The number of anilines is 2. The summed E-state index contributed by atoms with van der Waals surface area (Å²) in [5, 5.41) is 3.90. The van der Waals surface area contributed by atoms with E-state index in [1.54, 1.807) is 12.3 Å². The molecular weight excluding hydrogens is 267 g/mol. The summed E-state index contributed by atoms with van der Waals surface area (Å²) in [6, 6.07) is 11.2. The van der Waals surface area contributed by atoms with E-state index in [-0.39, 0.29) is 5.82 Å². The monoisotopic (exact) mass is 277 g/mol. The first-order valence-corrected chi connectivity index (χ1v) is 5.91. The van der Waals surface area contributed by atoms with Crippen LogP contribution in [0.1, 0.15) is 5.69 Å². The van der Waals surface area contributed by atoms with Crippen LogP contribution in [0.2, 0.25) is 0 Å². The van der Waals surface area contributed by atoms with E-state index in [1.165, 1.54) is 12.1 Å². The Morgan fingerprint density at radius 1 is 1.05 bits per heavy atom. The molecule has 3 rings (SSSR count). The largest absolute Gasteiger partial charge is 0.433 e. The van der Waals surface area contributed by atoms with Gasteiger partial charge in [-0.05, 0) is 35.7 Å². The van der Waals surface area contributed by atoms with E-state index in [1.807, 2.05) is 18.2 Å². The van der Waals surface area contributed by atoms with Crippen LogP contribution in [-0.2, 0) is 6.18 Å². The van der Waals surface area contributed by atoms with E-state index >= 15 is 0 Å². The standard InChI is InChI=1S/C14H10F3N3/c15-14(16,17)12-2-1-3-13(20-12)19-10-5-4-9-6-7-18-11(9)8-10/h1-8,18H,(H,19,20). The molecule has 0 saturated heterocycles. The lowest BCUT2D eigenvalue weighted by Crippen LogP contribution is -2.08. The maximum absolute atomic E-state index is 12.6. The summed E-state index contributed by atoms with van der Waals surface area (Å²) < 4.78 is 37.7. The van der Waals surface area contributed by atoms with E-state index in [2.05, 4.69) is 15.3 Å². The molecule has 0 bridgehead atoms. The fourth-order valence-corrected chi connectivity index (χ4v) is 1.94. The second kappa shape index (κ2) is 4.56. The number of hydrogen-bond acceptors (Lipinski definition) is 2. The predicted molar refractivity (Wildman–Crippen MR) is 70.8 cm³/mol. The number of rotatable bonds is 2. The molecule has 0 aliphatic rings. The van der Waals surface area contributed by atoms with Gasteiger partial charge in [-0.1, -0.05) is 12.1 Å². The van der Waals surface area contributed by atoms with E-state index in [0.717, 1.165) is 17.0 Å². The van der Waals surface area contributed by atoms with Crippen LogP contribution in [0.15, 0.2) is 48.7 Å². The number of alkyl halides is 3. The van der Waals surface area contributed by atoms with Crippen LogP contribution in [0.25, 0.3) is 10.9 Å². The molecule has 0 aliphatic heterocycles. The molecule has 2 aromatic heterocycles. The number of H-pyrrole nitrogens is 1. The lowest BCUT2D eigenvalue weighted by atomic mass is 10.2. The van der Waals surface area contributed by atoms with E-state index in [9.17, 15) is 13.2 Å². The van der Waals surface area contributed by atoms with Crippen molar-refractivity contribution >= 4 is 22.4 Å².